The predicted octanol–water partition coefficient (Wildman–Crippen LogP) is 4.89. The van der Waals surface area contributed by atoms with Crippen molar-refractivity contribution in [3.05, 3.63) is 59.9 Å². The standard InChI is InChI=1S/C21H25NO6S.C2H6/c1-7-14(19(27-5)20(28-6)18(12-23)26-4)15-11-22-29-21(15)13-8-9-16(24-2)17(10-13)25-3;1-2/h7-11,23H,1,12H2,2-6H3;1-2H3/b19-14-,20-18-;. The van der Waals surface area contributed by atoms with Gasteiger partial charge in [0.2, 0.25) is 5.76 Å². The summed E-state index contributed by atoms with van der Waals surface area (Å²) in [5.74, 6) is 2.13. The second kappa shape index (κ2) is 13.4. The second-order valence-corrected chi connectivity index (χ2v) is 6.41. The topological polar surface area (TPSA) is 79.3 Å². The molecular formula is C23H31NO6S. The molecule has 0 spiro atoms. The summed E-state index contributed by atoms with van der Waals surface area (Å²) in [4.78, 5) is 0.883. The molecule has 31 heavy (non-hydrogen) atoms. The van der Waals surface area contributed by atoms with E-state index in [0.717, 1.165) is 16.0 Å². The maximum atomic E-state index is 9.59. The fourth-order valence-electron chi connectivity index (χ4n) is 2.83. The van der Waals surface area contributed by atoms with E-state index < -0.39 is 0 Å². The van der Waals surface area contributed by atoms with Crippen LogP contribution in [0, 0.1) is 0 Å². The Bertz CT molecular complexity index is 911. The molecule has 1 aromatic carbocycles. The number of allylic oxidation sites excluding steroid dienone is 2. The molecule has 0 fully saturated rings. The van der Waals surface area contributed by atoms with E-state index in [0.29, 0.717) is 22.8 Å². The molecule has 0 radical (unpaired) electrons. The van der Waals surface area contributed by atoms with Crippen molar-refractivity contribution in [2.75, 3.05) is 42.2 Å². The molecule has 1 aromatic heterocycles. The third-order valence-corrected chi connectivity index (χ3v) is 5.06. The lowest BCUT2D eigenvalue weighted by Gasteiger charge is -2.17. The molecule has 0 amide bonds. The number of hydrogen-bond donors (Lipinski definition) is 1. The summed E-state index contributed by atoms with van der Waals surface area (Å²) in [5, 5.41) is 9.59. The van der Waals surface area contributed by atoms with Gasteiger partial charge in [-0.1, -0.05) is 26.5 Å². The normalized spacial score (nSPS) is 11.9. The number of aromatic nitrogens is 1. The van der Waals surface area contributed by atoms with Crippen LogP contribution in [-0.4, -0.2) is 51.6 Å². The van der Waals surface area contributed by atoms with Gasteiger partial charge in [0, 0.05) is 17.3 Å². The zero-order chi connectivity index (χ0) is 23.4. The van der Waals surface area contributed by atoms with E-state index in [2.05, 4.69) is 11.0 Å². The fraction of sp³-hybridized carbons (Fsp3) is 0.348. The van der Waals surface area contributed by atoms with E-state index in [4.69, 9.17) is 23.7 Å². The Balaban J connectivity index is 0.00000233. The van der Waals surface area contributed by atoms with Gasteiger partial charge in [-0.3, -0.25) is 0 Å². The average molecular weight is 450 g/mol. The van der Waals surface area contributed by atoms with Gasteiger partial charge >= 0.3 is 0 Å². The first-order valence-electron chi connectivity index (χ1n) is 9.60. The Hall–Kier alpha value is -2.97. The zero-order valence-corrected chi connectivity index (χ0v) is 20.0. The van der Waals surface area contributed by atoms with Crippen molar-refractivity contribution >= 4 is 17.1 Å². The zero-order valence-electron chi connectivity index (χ0n) is 19.1. The highest BCUT2D eigenvalue weighted by atomic mass is 32.1. The van der Waals surface area contributed by atoms with Crippen LogP contribution in [0.2, 0.25) is 0 Å². The number of benzene rings is 1. The van der Waals surface area contributed by atoms with Gasteiger partial charge in [-0.2, -0.15) is 4.37 Å². The van der Waals surface area contributed by atoms with Crippen LogP contribution in [0.5, 0.6) is 11.5 Å². The third kappa shape index (κ3) is 5.80. The number of methoxy groups -OCH3 is 5. The SMILES string of the molecule is C=C/C(=C(OC)\C(OC)=C(/CO)OC)c1cnsc1-c1ccc(OC)c(OC)c1.CC. The number of rotatable bonds is 10. The fourth-order valence-corrected chi connectivity index (χ4v) is 3.59. The lowest BCUT2D eigenvalue weighted by Crippen LogP contribution is -2.07. The van der Waals surface area contributed by atoms with Crippen molar-refractivity contribution in [3.63, 3.8) is 0 Å². The van der Waals surface area contributed by atoms with Gasteiger partial charge in [0.15, 0.2) is 23.0 Å². The minimum absolute atomic E-state index is 0.236. The molecule has 0 aliphatic carbocycles. The smallest absolute Gasteiger partial charge is 0.201 e. The molecule has 0 atom stereocenters. The third-order valence-electron chi connectivity index (χ3n) is 4.21. The molecule has 2 aromatic rings. The predicted molar refractivity (Wildman–Crippen MR) is 124 cm³/mol. The van der Waals surface area contributed by atoms with E-state index in [1.807, 2.05) is 32.0 Å². The molecule has 0 aliphatic rings. The van der Waals surface area contributed by atoms with Crippen LogP contribution in [0.3, 0.4) is 0 Å². The summed E-state index contributed by atoms with van der Waals surface area (Å²) in [7, 11) is 7.62. The molecule has 8 heteroatoms. The molecule has 1 N–H and O–H groups in total. The second-order valence-electron chi connectivity index (χ2n) is 5.61. The summed E-state index contributed by atoms with van der Waals surface area (Å²) < 4.78 is 31.4. The molecule has 1 heterocycles. The number of ether oxygens (including phenoxy) is 5. The average Bonchev–Trinajstić information content (AvgIpc) is 3.31. The number of nitrogens with zero attached hydrogens (tertiary/aromatic N) is 1. The van der Waals surface area contributed by atoms with Crippen LogP contribution < -0.4 is 9.47 Å². The molecule has 170 valence electrons. The van der Waals surface area contributed by atoms with Crippen LogP contribution in [-0.2, 0) is 14.2 Å². The highest BCUT2D eigenvalue weighted by Crippen LogP contribution is 2.39. The van der Waals surface area contributed by atoms with E-state index in [-0.39, 0.29) is 18.1 Å². The van der Waals surface area contributed by atoms with Gasteiger partial charge in [-0.05, 0) is 35.3 Å². The van der Waals surface area contributed by atoms with Crippen LogP contribution in [0.1, 0.15) is 19.4 Å². The van der Waals surface area contributed by atoms with Crippen LogP contribution in [0.15, 0.2) is 54.3 Å². The van der Waals surface area contributed by atoms with Crippen LogP contribution >= 0.6 is 11.5 Å². The molecule has 0 saturated heterocycles. The highest BCUT2D eigenvalue weighted by molar-refractivity contribution is 7.09. The number of aliphatic hydroxyl groups excluding tert-OH is 1. The summed E-state index contributed by atoms with van der Waals surface area (Å²) in [6.07, 6.45) is 3.38. The molecule has 2 rings (SSSR count). The first-order chi connectivity index (χ1) is 15.1. The van der Waals surface area contributed by atoms with E-state index in [1.165, 1.54) is 32.9 Å². The first-order valence-corrected chi connectivity index (χ1v) is 10.4. The Labute approximate surface area is 188 Å². The van der Waals surface area contributed by atoms with Crippen molar-refractivity contribution < 1.29 is 28.8 Å². The van der Waals surface area contributed by atoms with E-state index in [1.54, 1.807) is 26.5 Å². The molecular weight excluding hydrogens is 418 g/mol. The van der Waals surface area contributed by atoms with Gasteiger partial charge in [-0.15, -0.1) is 0 Å². The van der Waals surface area contributed by atoms with Gasteiger partial charge in [0.05, 0.1) is 40.4 Å². The monoisotopic (exact) mass is 449 g/mol. The Morgan fingerprint density at radius 1 is 1.00 bits per heavy atom. The van der Waals surface area contributed by atoms with Gasteiger partial charge in [0.1, 0.15) is 6.61 Å². The maximum absolute atomic E-state index is 9.59. The van der Waals surface area contributed by atoms with Crippen LogP contribution in [0.25, 0.3) is 16.0 Å². The highest BCUT2D eigenvalue weighted by Gasteiger charge is 2.22. The first kappa shape index (κ1) is 26.1. The molecule has 0 aliphatic heterocycles. The van der Waals surface area contributed by atoms with Gasteiger partial charge in [-0.25, -0.2) is 0 Å². The van der Waals surface area contributed by atoms with Gasteiger partial charge in [0.25, 0.3) is 0 Å². The number of aliphatic hydroxyl groups is 1. The Morgan fingerprint density at radius 3 is 2.13 bits per heavy atom. The summed E-state index contributed by atoms with van der Waals surface area (Å²) in [6, 6.07) is 5.64. The van der Waals surface area contributed by atoms with Crippen molar-refractivity contribution in [3.8, 4) is 21.9 Å². The minimum atomic E-state index is -0.346. The van der Waals surface area contributed by atoms with Gasteiger partial charge < -0.3 is 28.8 Å². The maximum Gasteiger partial charge on any atom is 0.201 e. The molecule has 0 unspecified atom stereocenters. The van der Waals surface area contributed by atoms with Crippen molar-refractivity contribution in [2.45, 2.75) is 13.8 Å². The number of hydrogen-bond acceptors (Lipinski definition) is 8. The van der Waals surface area contributed by atoms with E-state index >= 15 is 0 Å². The minimum Gasteiger partial charge on any atom is -0.495 e. The van der Waals surface area contributed by atoms with Crippen molar-refractivity contribution in [1.29, 1.82) is 0 Å². The summed E-state index contributed by atoms with van der Waals surface area (Å²) in [5.41, 5.74) is 2.33. The summed E-state index contributed by atoms with van der Waals surface area (Å²) >= 11 is 1.32. The van der Waals surface area contributed by atoms with E-state index in [9.17, 15) is 5.11 Å². The lowest BCUT2D eigenvalue weighted by atomic mass is 10.0. The molecule has 0 saturated carbocycles. The summed E-state index contributed by atoms with van der Waals surface area (Å²) in [6.45, 7) is 7.58. The lowest BCUT2D eigenvalue weighted by molar-refractivity contribution is 0.155. The van der Waals surface area contributed by atoms with Crippen molar-refractivity contribution in [2.24, 2.45) is 0 Å². The molecule has 7 nitrogen and oxygen atoms in total. The van der Waals surface area contributed by atoms with Crippen molar-refractivity contribution in [1.82, 2.24) is 4.37 Å². The Kier molecular flexibility index (Phi) is 11.2. The quantitative estimate of drug-likeness (QED) is 0.408. The van der Waals surface area contributed by atoms with Crippen LogP contribution in [0.4, 0.5) is 0 Å². The largest absolute Gasteiger partial charge is 0.495 e. The molecule has 0 bridgehead atoms. The Morgan fingerprint density at radius 2 is 1.65 bits per heavy atom.